The molecule has 0 aromatic heterocycles. The number of primary amides is 1. The number of carbonyl (C=O) groups excluding carboxylic acids is 3. The Morgan fingerprint density at radius 2 is 1.93 bits per heavy atom. The lowest BCUT2D eigenvalue weighted by Crippen LogP contribution is -2.36. The molecule has 0 aliphatic heterocycles. The molecule has 0 saturated heterocycles. The van der Waals surface area contributed by atoms with Crippen LogP contribution in [0.3, 0.4) is 0 Å². The van der Waals surface area contributed by atoms with Crippen LogP contribution in [0.15, 0.2) is 24.3 Å². The van der Waals surface area contributed by atoms with E-state index in [4.69, 9.17) is 10.5 Å². The zero-order chi connectivity index (χ0) is 22.7. The van der Waals surface area contributed by atoms with Crippen molar-refractivity contribution in [3.63, 3.8) is 0 Å². The van der Waals surface area contributed by atoms with Crippen molar-refractivity contribution in [1.29, 1.82) is 5.26 Å². The highest BCUT2D eigenvalue weighted by atomic mass is 16.5. The number of phenols is 1. The maximum Gasteiger partial charge on any atom is 0.319 e. The van der Waals surface area contributed by atoms with Gasteiger partial charge < -0.3 is 26.2 Å². The topological polar surface area (TPSA) is 155 Å². The number of ether oxygens (including phenoxy) is 1. The van der Waals surface area contributed by atoms with Crippen LogP contribution in [0.4, 0.5) is 10.5 Å². The fourth-order valence-electron chi connectivity index (χ4n) is 2.84. The molecule has 164 valence electrons. The maximum atomic E-state index is 12.6. The van der Waals surface area contributed by atoms with E-state index in [1.54, 1.807) is 26.0 Å². The number of esters is 1. The lowest BCUT2D eigenvalue weighted by atomic mass is 9.77. The molecule has 0 fully saturated rings. The first-order valence-electron chi connectivity index (χ1n) is 9.81. The number of nitriles is 1. The molecule has 0 aliphatic carbocycles. The minimum atomic E-state index is -0.883. The molecule has 0 heterocycles. The van der Waals surface area contributed by atoms with Gasteiger partial charge in [-0.05, 0) is 50.5 Å². The standard InChI is InChI=1S/C21H30N4O5/c1-4-21(3,12-15(13-22)11-14(2)18(23)27)19(28)30-10-9-24-20(29)25-16-5-7-17(26)8-6-16/h5-8,14-15,26H,4,9-12H2,1-3H3,(H2,23,27)(H2,24,25,29). The normalized spacial score (nSPS) is 14.5. The van der Waals surface area contributed by atoms with E-state index in [0.717, 1.165) is 0 Å². The fraction of sp³-hybridized carbons (Fsp3) is 0.524. The van der Waals surface area contributed by atoms with Crippen molar-refractivity contribution < 1.29 is 24.2 Å². The van der Waals surface area contributed by atoms with Crippen LogP contribution in [0.5, 0.6) is 5.75 Å². The number of benzene rings is 1. The lowest BCUT2D eigenvalue weighted by Gasteiger charge is -2.28. The van der Waals surface area contributed by atoms with Crippen LogP contribution >= 0.6 is 0 Å². The van der Waals surface area contributed by atoms with Gasteiger partial charge in [-0.3, -0.25) is 9.59 Å². The second-order valence-electron chi connectivity index (χ2n) is 7.55. The fourth-order valence-corrected chi connectivity index (χ4v) is 2.84. The smallest absolute Gasteiger partial charge is 0.319 e. The van der Waals surface area contributed by atoms with Crippen LogP contribution in [0, 0.1) is 28.6 Å². The average molecular weight is 418 g/mol. The minimum absolute atomic E-state index is 0.0215. The summed E-state index contributed by atoms with van der Waals surface area (Å²) in [6.45, 7) is 5.29. The van der Waals surface area contributed by atoms with Crippen molar-refractivity contribution in [2.75, 3.05) is 18.5 Å². The van der Waals surface area contributed by atoms with Gasteiger partial charge in [-0.15, -0.1) is 0 Å². The summed E-state index contributed by atoms with van der Waals surface area (Å²) in [5, 5.41) is 23.8. The molecule has 0 aliphatic rings. The number of urea groups is 1. The van der Waals surface area contributed by atoms with E-state index in [9.17, 15) is 24.8 Å². The molecule has 3 atom stereocenters. The quantitative estimate of drug-likeness (QED) is 0.246. The number of phenolic OH excluding ortho intramolecular Hbond substituents is 1. The van der Waals surface area contributed by atoms with E-state index in [1.165, 1.54) is 12.1 Å². The molecule has 3 unspecified atom stereocenters. The second-order valence-corrected chi connectivity index (χ2v) is 7.55. The van der Waals surface area contributed by atoms with Crippen LogP contribution in [0.25, 0.3) is 0 Å². The van der Waals surface area contributed by atoms with E-state index >= 15 is 0 Å². The van der Waals surface area contributed by atoms with Crippen molar-refractivity contribution in [3.8, 4) is 11.8 Å². The molecule has 9 nitrogen and oxygen atoms in total. The highest BCUT2D eigenvalue weighted by molar-refractivity contribution is 5.89. The van der Waals surface area contributed by atoms with Gasteiger partial charge in [-0.1, -0.05) is 13.8 Å². The van der Waals surface area contributed by atoms with Crippen LogP contribution in [0.1, 0.15) is 40.0 Å². The average Bonchev–Trinajstić information content (AvgIpc) is 2.71. The molecule has 30 heavy (non-hydrogen) atoms. The third-order valence-electron chi connectivity index (χ3n) is 5.02. The molecular formula is C21H30N4O5. The number of rotatable bonds is 11. The SMILES string of the molecule is CCC(C)(CC(C#N)CC(C)C(N)=O)C(=O)OCCNC(=O)Nc1ccc(O)cc1. The number of nitrogens with two attached hydrogens (primary N) is 1. The van der Waals surface area contributed by atoms with Crippen LogP contribution in [-0.4, -0.2) is 36.2 Å². The van der Waals surface area contributed by atoms with Gasteiger partial charge in [0, 0.05) is 17.5 Å². The monoisotopic (exact) mass is 418 g/mol. The largest absolute Gasteiger partial charge is 0.508 e. The Morgan fingerprint density at radius 1 is 1.30 bits per heavy atom. The first-order valence-corrected chi connectivity index (χ1v) is 9.81. The van der Waals surface area contributed by atoms with E-state index in [2.05, 4.69) is 16.7 Å². The van der Waals surface area contributed by atoms with Gasteiger partial charge in [0.2, 0.25) is 5.91 Å². The Kier molecular flexibility index (Phi) is 9.62. The lowest BCUT2D eigenvalue weighted by molar-refractivity contribution is -0.156. The molecule has 0 bridgehead atoms. The number of aromatic hydroxyl groups is 1. The number of nitrogens with zero attached hydrogens (tertiary/aromatic N) is 1. The van der Waals surface area contributed by atoms with Crippen molar-refractivity contribution in [1.82, 2.24) is 5.32 Å². The van der Waals surface area contributed by atoms with E-state index < -0.39 is 35.2 Å². The Morgan fingerprint density at radius 3 is 2.47 bits per heavy atom. The predicted octanol–water partition coefficient (Wildman–Crippen LogP) is 2.51. The minimum Gasteiger partial charge on any atom is -0.508 e. The number of hydrogen-bond donors (Lipinski definition) is 4. The van der Waals surface area contributed by atoms with Gasteiger partial charge in [-0.2, -0.15) is 5.26 Å². The maximum absolute atomic E-state index is 12.6. The third kappa shape index (κ3) is 7.99. The molecule has 9 heteroatoms. The van der Waals surface area contributed by atoms with Crippen LogP contribution < -0.4 is 16.4 Å². The van der Waals surface area contributed by atoms with Crippen molar-refractivity contribution in [3.05, 3.63) is 24.3 Å². The number of anilines is 1. The summed E-state index contributed by atoms with van der Waals surface area (Å²) in [5.74, 6) is -1.80. The Labute approximate surface area is 176 Å². The number of amides is 3. The zero-order valence-corrected chi connectivity index (χ0v) is 17.6. The predicted molar refractivity (Wildman–Crippen MR) is 111 cm³/mol. The molecule has 0 radical (unpaired) electrons. The molecule has 0 spiro atoms. The van der Waals surface area contributed by atoms with Gasteiger partial charge >= 0.3 is 12.0 Å². The highest BCUT2D eigenvalue weighted by Gasteiger charge is 2.36. The number of nitrogens with one attached hydrogen (secondary N) is 2. The Balaban J connectivity index is 2.48. The zero-order valence-electron chi connectivity index (χ0n) is 17.6. The first-order chi connectivity index (χ1) is 14.1. The molecule has 1 rings (SSSR count). The van der Waals surface area contributed by atoms with Gasteiger partial charge in [0.05, 0.1) is 18.0 Å². The van der Waals surface area contributed by atoms with Gasteiger partial charge in [0.1, 0.15) is 12.4 Å². The molecule has 3 amide bonds. The summed E-state index contributed by atoms with van der Waals surface area (Å²) in [7, 11) is 0. The Hall–Kier alpha value is -3.28. The van der Waals surface area contributed by atoms with Gasteiger partial charge in [-0.25, -0.2) is 4.79 Å². The highest BCUT2D eigenvalue weighted by Crippen LogP contribution is 2.33. The molecule has 1 aromatic carbocycles. The van der Waals surface area contributed by atoms with Crippen molar-refractivity contribution >= 4 is 23.6 Å². The summed E-state index contributed by atoms with van der Waals surface area (Å²) in [4.78, 5) is 35.6. The summed E-state index contributed by atoms with van der Waals surface area (Å²) in [6, 6.07) is 7.66. The number of hydrogen-bond acceptors (Lipinski definition) is 6. The van der Waals surface area contributed by atoms with Crippen LogP contribution in [0.2, 0.25) is 0 Å². The van der Waals surface area contributed by atoms with E-state index in [0.29, 0.717) is 12.1 Å². The first kappa shape index (κ1) is 24.8. The number of carbonyl (C=O) groups is 3. The molecule has 1 aromatic rings. The van der Waals surface area contributed by atoms with Gasteiger partial charge in [0.15, 0.2) is 0 Å². The molecular weight excluding hydrogens is 388 g/mol. The summed E-state index contributed by atoms with van der Waals surface area (Å²) in [5.41, 5.74) is 4.89. The van der Waals surface area contributed by atoms with Crippen LogP contribution in [-0.2, 0) is 14.3 Å². The Bertz CT molecular complexity index is 775. The summed E-state index contributed by atoms with van der Waals surface area (Å²) in [6.07, 6.45) is 1.00. The second kappa shape index (κ2) is 11.7. The molecule has 5 N–H and O–H groups in total. The van der Waals surface area contributed by atoms with E-state index in [-0.39, 0.29) is 31.7 Å². The van der Waals surface area contributed by atoms with Crippen molar-refractivity contribution in [2.24, 2.45) is 23.0 Å². The summed E-state index contributed by atoms with van der Waals surface area (Å²) < 4.78 is 5.30. The van der Waals surface area contributed by atoms with Crippen molar-refractivity contribution in [2.45, 2.75) is 40.0 Å². The molecule has 0 saturated carbocycles. The van der Waals surface area contributed by atoms with E-state index in [1.807, 2.05) is 6.92 Å². The summed E-state index contributed by atoms with van der Waals surface area (Å²) >= 11 is 0. The third-order valence-corrected chi connectivity index (χ3v) is 5.02. The van der Waals surface area contributed by atoms with Gasteiger partial charge in [0.25, 0.3) is 0 Å².